The first kappa shape index (κ1) is 13.9. The average Bonchev–Trinajstić information content (AvgIpc) is 2.90. The number of para-hydroxylation sites is 1. The highest BCUT2D eigenvalue weighted by atomic mass is 32.1. The van der Waals surface area contributed by atoms with Gasteiger partial charge in [-0.05, 0) is 35.8 Å². The van der Waals surface area contributed by atoms with Gasteiger partial charge in [0.1, 0.15) is 6.54 Å². The van der Waals surface area contributed by atoms with Gasteiger partial charge in [-0.3, -0.25) is 9.69 Å². The van der Waals surface area contributed by atoms with Crippen molar-refractivity contribution in [3.05, 3.63) is 72.8 Å². The fourth-order valence-corrected chi connectivity index (χ4v) is 3.32. The van der Waals surface area contributed by atoms with E-state index in [9.17, 15) is 4.79 Å². The predicted molar refractivity (Wildman–Crippen MR) is 97.8 cm³/mol. The summed E-state index contributed by atoms with van der Waals surface area (Å²) >= 11 is 5.60. The molecule has 0 unspecified atom stereocenters. The van der Waals surface area contributed by atoms with Gasteiger partial charge in [0.2, 0.25) is 0 Å². The van der Waals surface area contributed by atoms with E-state index in [1.165, 1.54) is 0 Å². The molecule has 23 heavy (non-hydrogen) atoms. The number of hydrogen-bond acceptors (Lipinski definition) is 2. The number of thiocarbonyl (C=S) groups is 1. The molecule has 1 aliphatic heterocycles. The topological polar surface area (TPSA) is 23.6 Å². The molecule has 3 aromatic rings. The number of rotatable bonds is 2. The third-order valence-corrected chi connectivity index (χ3v) is 4.44. The van der Waals surface area contributed by atoms with Crippen LogP contribution in [0.15, 0.2) is 72.8 Å². The van der Waals surface area contributed by atoms with Crippen LogP contribution < -0.4 is 9.80 Å². The molecule has 0 aliphatic carbocycles. The third kappa shape index (κ3) is 2.28. The lowest BCUT2D eigenvalue weighted by Gasteiger charge is -2.21. The highest BCUT2D eigenvalue weighted by molar-refractivity contribution is 7.81. The lowest BCUT2D eigenvalue weighted by atomic mass is 10.1. The molecule has 1 saturated heterocycles. The van der Waals surface area contributed by atoms with E-state index in [0.717, 1.165) is 22.1 Å². The lowest BCUT2D eigenvalue weighted by Crippen LogP contribution is -2.32. The third-order valence-electron chi connectivity index (χ3n) is 4.04. The van der Waals surface area contributed by atoms with Crippen molar-refractivity contribution in [2.75, 3.05) is 16.3 Å². The smallest absolute Gasteiger partial charge is 0.253 e. The van der Waals surface area contributed by atoms with E-state index < -0.39 is 0 Å². The van der Waals surface area contributed by atoms with Crippen LogP contribution in [0.25, 0.3) is 10.8 Å². The van der Waals surface area contributed by atoms with Crippen LogP contribution in [0.5, 0.6) is 0 Å². The number of fused-ring (bicyclic) bond motifs is 1. The minimum atomic E-state index is -0.00444. The molecule has 3 aromatic carbocycles. The second-order valence-electron chi connectivity index (χ2n) is 5.43. The summed E-state index contributed by atoms with van der Waals surface area (Å²) in [6.45, 7) is 0.270. The molecule has 1 fully saturated rings. The molecule has 4 rings (SSSR count). The Hall–Kier alpha value is -2.72. The molecule has 4 heteroatoms. The van der Waals surface area contributed by atoms with E-state index in [2.05, 4.69) is 0 Å². The van der Waals surface area contributed by atoms with Crippen molar-refractivity contribution >= 4 is 45.4 Å². The van der Waals surface area contributed by atoms with Gasteiger partial charge in [-0.25, -0.2) is 0 Å². The quantitative estimate of drug-likeness (QED) is 0.668. The second-order valence-corrected chi connectivity index (χ2v) is 5.80. The van der Waals surface area contributed by atoms with Crippen molar-refractivity contribution in [1.29, 1.82) is 0 Å². The summed E-state index contributed by atoms with van der Waals surface area (Å²) in [6.07, 6.45) is 0. The zero-order valence-electron chi connectivity index (χ0n) is 12.3. The van der Waals surface area contributed by atoms with E-state index in [1.807, 2.05) is 77.7 Å². The first-order chi connectivity index (χ1) is 11.3. The Bertz CT molecular complexity index is 902. The van der Waals surface area contributed by atoms with E-state index in [1.54, 1.807) is 4.90 Å². The summed E-state index contributed by atoms with van der Waals surface area (Å²) in [5.41, 5.74) is 1.78. The van der Waals surface area contributed by atoms with Crippen LogP contribution in [0.2, 0.25) is 0 Å². The van der Waals surface area contributed by atoms with Crippen molar-refractivity contribution < 1.29 is 4.79 Å². The maximum atomic E-state index is 12.6. The molecule has 0 radical (unpaired) electrons. The lowest BCUT2D eigenvalue weighted by molar-refractivity contribution is -0.115. The maximum Gasteiger partial charge on any atom is 0.253 e. The van der Waals surface area contributed by atoms with Crippen LogP contribution in [0.4, 0.5) is 11.4 Å². The van der Waals surface area contributed by atoms with Crippen LogP contribution in [0.3, 0.4) is 0 Å². The Morgan fingerprint density at radius 3 is 2.35 bits per heavy atom. The Kier molecular flexibility index (Phi) is 3.32. The van der Waals surface area contributed by atoms with Gasteiger partial charge in [0.25, 0.3) is 5.91 Å². The standard InChI is InChI=1S/C19H14N2OS/c22-18-13-20(15-9-2-1-3-10-15)19(23)21(18)17-12-6-8-14-7-4-5-11-16(14)17/h1-12H,13H2. The van der Waals surface area contributed by atoms with E-state index in [-0.39, 0.29) is 12.5 Å². The minimum absolute atomic E-state index is 0.00444. The molecule has 0 saturated carbocycles. The highest BCUT2D eigenvalue weighted by Gasteiger charge is 2.35. The second kappa shape index (κ2) is 5.48. The van der Waals surface area contributed by atoms with Gasteiger partial charge in [0.15, 0.2) is 5.11 Å². The number of hydrogen-bond donors (Lipinski definition) is 0. The summed E-state index contributed by atoms with van der Waals surface area (Å²) in [6, 6.07) is 23.7. The monoisotopic (exact) mass is 318 g/mol. The maximum absolute atomic E-state index is 12.6. The predicted octanol–water partition coefficient (Wildman–Crippen LogP) is 3.98. The molecule has 1 aliphatic rings. The summed E-state index contributed by atoms with van der Waals surface area (Å²) in [5.74, 6) is -0.00444. The fourth-order valence-electron chi connectivity index (χ4n) is 2.95. The zero-order valence-corrected chi connectivity index (χ0v) is 13.2. The van der Waals surface area contributed by atoms with Gasteiger partial charge < -0.3 is 4.90 Å². The molecule has 0 aromatic heterocycles. The van der Waals surface area contributed by atoms with E-state index >= 15 is 0 Å². The van der Waals surface area contributed by atoms with E-state index in [0.29, 0.717) is 5.11 Å². The number of nitrogens with zero attached hydrogens (tertiary/aromatic N) is 2. The molecular formula is C19H14N2OS. The number of benzene rings is 3. The molecular weight excluding hydrogens is 304 g/mol. The molecule has 1 amide bonds. The molecule has 112 valence electrons. The van der Waals surface area contributed by atoms with Gasteiger partial charge >= 0.3 is 0 Å². The first-order valence-corrected chi connectivity index (χ1v) is 7.84. The van der Waals surface area contributed by atoms with Gasteiger partial charge in [-0.2, -0.15) is 0 Å². The molecule has 0 atom stereocenters. The van der Waals surface area contributed by atoms with Crippen LogP contribution in [0.1, 0.15) is 0 Å². The van der Waals surface area contributed by atoms with Gasteiger partial charge in [-0.1, -0.05) is 54.6 Å². The van der Waals surface area contributed by atoms with Crippen LogP contribution >= 0.6 is 12.2 Å². The van der Waals surface area contributed by atoms with Crippen molar-refractivity contribution in [3.8, 4) is 0 Å². The summed E-state index contributed by atoms with van der Waals surface area (Å²) < 4.78 is 0. The Morgan fingerprint density at radius 1 is 0.826 bits per heavy atom. The molecule has 0 N–H and O–H groups in total. The molecule has 1 heterocycles. The summed E-state index contributed by atoms with van der Waals surface area (Å²) in [4.78, 5) is 16.1. The number of amides is 1. The van der Waals surface area contributed by atoms with Crippen molar-refractivity contribution in [3.63, 3.8) is 0 Å². The van der Waals surface area contributed by atoms with Crippen LogP contribution in [-0.2, 0) is 4.79 Å². The van der Waals surface area contributed by atoms with Crippen molar-refractivity contribution in [2.45, 2.75) is 0 Å². The number of carbonyl (C=O) groups is 1. The van der Waals surface area contributed by atoms with Crippen LogP contribution in [-0.4, -0.2) is 17.6 Å². The van der Waals surface area contributed by atoms with Crippen molar-refractivity contribution in [1.82, 2.24) is 0 Å². The molecule has 0 bridgehead atoms. The highest BCUT2D eigenvalue weighted by Crippen LogP contribution is 2.31. The number of carbonyl (C=O) groups excluding carboxylic acids is 1. The Balaban J connectivity index is 1.80. The van der Waals surface area contributed by atoms with E-state index in [4.69, 9.17) is 12.2 Å². The summed E-state index contributed by atoms with van der Waals surface area (Å²) in [5, 5.41) is 2.65. The Morgan fingerprint density at radius 2 is 1.52 bits per heavy atom. The zero-order chi connectivity index (χ0) is 15.8. The molecule has 0 spiro atoms. The normalized spacial score (nSPS) is 14.8. The minimum Gasteiger partial charge on any atom is -0.309 e. The van der Waals surface area contributed by atoms with Crippen molar-refractivity contribution in [2.24, 2.45) is 0 Å². The first-order valence-electron chi connectivity index (χ1n) is 7.43. The Labute approximate surface area is 139 Å². The summed E-state index contributed by atoms with van der Waals surface area (Å²) in [7, 11) is 0. The SMILES string of the molecule is O=C1CN(c2ccccc2)C(=S)N1c1cccc2ccccc12. The van der Waals surface area contributed by atoms with Gasteiger partial charge in [0.05, 0.1) is 5.69 Å². The van der Waals surface area contributed by atoms with Gasteiger partial charge in [-0.15, -0.1) is 0 Å². The van der Waals surface area contributed by atoms with Gasteiger partial charge in [0, 0.05) is 11.1 Å². The molecule has 3 nitrogen and oxygen atoms in total. The largest absolute Gasteiger partial charge is 0.309 e. The number of anilines is 2. The average molecular weight is 318 g/mol. The van der Waals surface area contributed by atoms with Crippen LogP contribution in [0, 0.1) is 0 Å². The fraction of sp³-hybridized carbons (Fsp3) is 0.0526.